The van der Waals surface area contributed by atoms with Crippen molar-refractivity contribution in [3.63, 3.8) is 0 Å². The summed E-state index contributed by atoms with van der Waals surface area (Å²) in [5, 5.41) is 2.71. The number of rotatable bonds is 6. The van der Waals surface area contributed by atoms with Crippen molar-refractivity contribution >= 4 is 28.9 Å². The normalized spacial score (nSPS) is 10.6. The molecule has 1 N–H and O–H groups in total. The Morgan fingerprint density at radius 1 is 1.07 bits per heavy atom. The van der Waals surface area contributed by atoms with Crippen molar-refractivity contribution in [1.29, 1.82) is 0 Å². The van der Waals surface area contributed by atoms with Crippen molar-refractivity contribution in [3.8, 4) is 0 Å². The van der Waals surface area contributed by atoms with Gasteiger partial charge in [-0.2, -0.15) is 0 Å². The summed E-state index contributed by atoms with van der Waals surface area (Å²) < 4.78 is 6.78. The zero-order chi connectivity index (χ0) is 19.4. The summed E-state index contributed by atoms with van der Waals surface area (Å²) in [5.74, 6) is -1.24. The fourth-order valence-corrected chi connectivity index (χ4v) is 2.86. The first-order chi connectivity index (χ1) is 13.0. The average Bonchev–Trinajstić information content (AvgIpc) is 3.06. The predicted octanol–water partition coefficient (Wildman–Crippen LogP) is 3.50. The maximum atomic E-state index is 12.4. The van der Waals surface area contributed by atoms with Crippen LogP contribution in [0.1, 0.15) is 40.3 Å². The Morgan fingerprint density at radius 2 is 1.89 bits per heavy atom. The van der Waals surface area contributed by atoms with Gasteiger partial charge >= 0.3 is 5.97 Å². The fraction of sp³-hybridized carbons (Fsp3) is 0.190. The van der Waals surface area contributed by atoms with Crippen LogP contribution in [0.3, 0.4) is 0 Å². The number of fused-ring (bicyclic) bond motifs is 1. The molecule has 3 aromatic rings. The Balaban J connectivity index is 1.70. The topological polar surface area (TPSA) is 76.9 Å². The molecule has 0 spiro atoms. The highest BCUT2D eigenvalue weighted by atomic mass is 16.5. The van der Waals surface area contributed by atoms with E-state index in [1.54, 1.807) is 34.9 Å². The lowest BCUT2D eigenvalue weighted by Crippen LogP contribution is -2.21. The van der Waals surface area contributed by atoms with E-state index in [1.807, 2.05) is 25.1 Å². The zero-order valence-corrected chi connectivity index (χ0v) is 15.2. The molecular formula is C21H20N2O4. The first-order valence-electron chi connectivity index (χ1n) is 8.66. The SMILES string of the molecule is CCc1cccc(NC(=O)COC(=O)c2cc(C(C)=O)n3ccccc23)c1. The Hall–Kier alpha value is -3.41. The maximum Gasteiger partial charge on any atom is 0.340 e. The van der Waals surface area contributed by atoms with Crippen LogP contribution in [0.2, 0.25) is 0 Å². The molecule has 0 unspecified atom stereocenters. The summed E-state index contributed by atoms with van der Waals surface area (Å²) in [5.41, 5.74) is 2.95. The van der Waals surface area contributed by atoms with Gasteiger partial charge in [0, 0.05) is 18.8 Å². The first-order valence-corrected chi connectivity index (χ1v) is 8.66. The van der Waals surface area contributed by atoms with Crippen molar-refractivity contribution in [2.75, 3.05) is 11.9 Å². The minimum Gasteiger partial charge on any atom is -0.452 e. The van der Waals surface area contributed by atoms with E-state index >= 15 is 0 Å². The smallest absolute Gasteiger partial charge is 0.340 e. The second-order valence-corrected chi connectivity index (χ2v) is 6.13. The molecule has 0 radical (unpaired) electrons. The quantitative estimate of drug-likeness (QED) is 0.536. The van der Waals surface area contributed by atoms with Gasteiger partial charge in [-0.1, -0.05) is 25.1 Å². The lowest BCUT2D eigenvalue weighted by molar-refractivity contribution is -0.119. The molecule has 1 amide bonds. The number of hydrogen-bond acceptors (Lipinski definition) is 4. The summed E-state index contributed by atoms with van der Waals surface area (Å²) in [7, 11) is 0. The number of esters is 1. The highest BCUT2D eigenvalue weighted by Crippen LogP contribution is 2.19. The maximum absolute atomic E-state index is 12.4. The summed E-state index contributed by atoms with van der Waals surface area (Å²) >= 11 is 0. The molecule has 2 aromatic heterocycles. The van der Waals surface area contributed by atoms with E-state index in [-0.39, 0.29) is 11.3 Å². The molecule has 0 aliphatic carbocycles. The number of nitrogens with zero attached hydrogens (tertiary/aromatic N) is 1. The number of carbonyl (C=O) groups is 3. The molecule has 0 aliphatic rings. The third kappa shape index (κ3) is 4.06. The van der Waals surface area contributed by atoms with Crippen LogP contribution in [-0.2, 0) is 16.0 Å². The number of aryl methyl sites for hydroxylation is 1. The molecule has 6 nitrogen and oxygen atoms in total. The highest BCUT2D eigenvalue weighted by Gasteiger charge is 2.19. The van der Waals surface area contributed by atoms with Gasteiger partial charge in [0.1, 0.15) is 0 Å². The lowest BCUT2D eigenvalue weighted by atomic mass is 10.1. The van der Waals surface area contributed by atoms with E-state index in [1.165, 1.54) is 13.0 Å². The predicted molar refractivity (Wildman–Crippen MR) is 102 cm³/mol. The Kier molecular flexibility index (Phi) is 5.35. The van der Waals surface area contributed by atoms with Gasteiger partial charge in [-0.05, 0) is 42.3 Å². The van der Waals surface area contributed by atoms with Crippen LogP contribution in [0.5, 0.6) is 0 Å². The molecule has 27 heavy (non-hydrogen) atoms. The van der Waals surface area contributed by atoms with E-state index < -0.39 is 18.5 Å². The molecule has 1 aromatic carbocycles. The van der Waals surface area contributed by atoms with Gasteiger partial charge < -0.3 is 14.5 Å². The molecule has 0 atom stereocenters. The number of aromatic nitrogens is 1. The van der Waals surface area contributed by atoms with Crippen molar-refractivity contribution in [3.05, 3.63) is 71.5 Å². The number of hydrogen-bond donors (Lipinski definition) is 1. The fourth-order valence-electron chi connectivity index (χ4n) is 2.86. The number of amides is 1. The number of nitrogens with one attached hydrogen (secondary N) is 1. The molecule has 0 saturated carbocycles. The van der Waals surface area contributed by atoms with Crippen LogP contribution in [0, 0.1) is 0 Å². The van der Waals surface area contributed by atoms with E-state index in [4.69, 9.17) is 4.74 Å². The number of pyridine rings is 1. The molecule has 2 heterocycles. The van der Waals surface area contributed by atoms with Crippen molar-refractivity contribution in [2.45, 2.75) is 20.3 Å². The van der Waals surface area contributed by atoms with Crippen LogP contribution in [0.25, 0.3) is 5.52 Å². The van der Waals surface area contributed by atoms with Gasteiger partial charge in [-0.25, -0.2) is 4.79 Å². The minimum absolute atomic E-state index is 0.163. The molecule has 0 aliphatic heterocycles. The first kappa shape index (κ1) is 18.4. The standard InChI is InChI=1S/C21H20N2O4/c1-3-15-7-6-8-16(11-15)22-20(25)13-27-21(26)17-12-19(14(2)24)23-10-5-4-9-18(17)23/h4-12H,3,13H2,1-2H3,(H,22,25). The van der Waals surface area contributed by atoms with Crippen LogP contribution in [0.4, 0.5) is 5.69 Å². The number of anilines is 1. The van der Waals surface area contributed by atoms with E-state index in [2.05, 4.69) is 5.32 Å². The second kappa shape index (κ2) is 7.86. The van der Waals surface area contributed by atoms with E-state index in [0.29, 0.717) is 16.9 Å². The summed E-state index contributed by atoms with van der Waals surface area (Å²) in [6.45, 7) is 3.05. The Labute approximate surface area is 156 Å². The van der Waals surface area contributed by atoms with Crippen molar-refractivity contribution in [1.82, 2.24) is 4.40 Å². The van der Waals surface area contributed by atoms with Gasteiger partial charge in [0.25, 0.3) is 5.91 Å². The molecule has 0 bridgehead atoms. The number of carbonyl (C=O) groups excluding carboxylic acids is 3. The molecular weight excluding hydrogens is 344 g/mol. The Bertz CT molecular complexity index is 1020. The highest BCUT2D eigenvalue weighted by molar-refractivity contribution is 6.04. The minimum atomic E-state index is -0.649. The van der Waals surface area contributed by atoms with Crippen LogP contribution < -0.4 is 5.32 Å². The summed E-state index contributed by atoms with van der Waals surface area (Å²) in [6.07, 6.45) is 2.56. The summed E-state index contributed by atoms with van der Waals surface area (Å²) in [6, 6.07) is 14.2. The van der Waals surface area contributed by atoms with Crippen LogP contribution in [-0.4, -0.2) is 28.7 Å². The van der Waals surface area contributed by atoms with E-state index in [0.717, 1.165) is 12.0 Å². The lowest BCUT2D eigenvalue weighted by Gasteiger charge is -2.07. The zero-order valence-electron chi connectivity index (χ0n) is 15.2. The molecule has 0 saturated heterocycles. The van der Waals surface area contributed by atoms with Gasteiger partial charge in [0.05, 0.1) is 16.8 Å². The second-order valence-electron chi connectivity index (χ2n) is 6.13. The van der Waals surface area contributed by atoms with Gasteiger partial charge in [-0.15, -0.1) is 0 Å². The summed E-state index contributed by atoms with van der Waals surface area (Å²) in [4.78, 5) is 36.3. The molecule has 3 rings (SSSR count). The largest absolute Gasteiger partial charge is 0.452 e. The van der Waals surface area contributed by atoms with Crippen molar-refractivity contribution < 1.29 is 19.1 Å². The number of ether oxygens (including phenoxy) is 1. The van der Waals surface area contributed by atoms with Crippen LogP contribution in [0.15, 0.2) is 54.7 Å². The Morgan fingerprint density at radius 3 is 2.63 bits per heavy atom. The van der Waals surface area contributed by atoms with Gasteiger partial charge in [-0.3, -0.25) is 9.59 Å². The number of ketones is 1. The van der Waals surface area contributed by atoms with Crippen molar-refractivity contribution in [2.24, 2.45) is 0 Å². The average molecular weight is 364 g/mol. The van der Waals surface area contributed by atoms with E-state index in [9.17, 15) is 14.4 Å². The monoisotopic (exact) mass is 364 g/mol. The van der Waals surface area contributed by atoms with Gasteiger partial charge in [0.2, 0.25) is 0 Å². The molecule has 138 valence electrons. The molecule has 6 heteroatoms. The number of benzene rings is 1. The van der Waals surface area contributed by atoms with Crippen LogP contribution >= 0.6 is 0 Å². The molecule has 0 fully saturated rings. The third-order valence-electron chi connectivity index (χ3n) is 4.21. The number of Topliss-reactive ketones (excluding diaryl/α,β-unsaturated/α-hetero) is 1. The van der Waals surface area contributed by atoms with Gasteiger partial charge in [0.15, 0.2) is 12.4 Å². The third-order valence-corrected chi connectivity index (χ3v) is 4.21.